The number of allylic oxidation sites excluding steroid dienone is 2. The van der Waals surface area contributed by atoms with E-state index in [1.807, 2.05) is 37.3 Å². The minimum Gasteiger partial charge on any atom is -0.494 e. The Morgan fingerprint density at radius 3 is 2.44 bits per heavy atom. The van der Waals surface area contributed by atoms with Crippen LogP contribution in [0.3, 0.4) is 0 Å². The highest BCUT2D eigenvalue weighted by Gasteiger charge is 1.92. The van der Waals surface area contributed by atoms with Crippen LogP contribution in [0, 0.1) is 0 Å². The van der Waals surface area contributed by atoms with E-state index in [4.69, 9.17) is 9.47 Å². The Kier molecular flexibility index (Phi) is 6.33. The predicted molar refractivity (Wildman–Crippen MR) is 72.4 cm³/mol. The third kappa shape index (κ3) is 5.34. The van der Waals surface area contributed by atoms with Crippen LogP contribution in [0.25, 0.3) is 6.08 Å². The average molecular weight is 246 g/mol. The number of ether oxygens (including phenoxy) is 2. The average Bonchev–Trinajstić information content (AvgIpc) is 2.37. The molecule has 0 amide bonds. The smallest absolute Gasteiger partial charge is 0.330 e. The van der Waals surface area contributed by atoms with Crippen molar-refractivity contribution in [1.82, 2.24) is 0 Å². The molecular formula is C15H18O3. The molecule has 0 spiro atoms. The summed E-state index contributed by atoms with van der Waals surface area (Å²) in [4.78, 5) is 11.0. The largest absolute Gasteiger partial charge is 0.494 e. The molecule has 0 aliphatic rings. The summed E-state index contributed by atoms with van der Waals surface area (Å²) >= 11 is 0. The van der Waals surface area contributed by atoms with Crippen LogP contribution in [0.15, 0.2) is 42.5 Å². The van der Waals surface area contributed by atoms with E-state index in [1.165, 1.54) is 6.08 Å². The van der Waals surface area contributed by atoms with E-state index < -0.39 is 0 Å². The van der Waals surface area contributed by atoms with E-state index in [2.05, 4.69) is 0 Å². The quantitative estimate of drug-likeness (QED) is 0.439. The summed E-state index contributed by atoms with van der Waals surface area (Å²) in [7, 11) is 0. The molecule has 0 aliphatic carbocycles. The zero-order valence-corrected chi connectivity index (χ0v) is 10.8. The molecular weight excluding hydrogens is 228 g/mol. The topological polar surface area (TPSA) is 35.5 Å². The highest BCUT2D eigenvalue weighted by molar-refractivity contribution is 5.82. The molecule has 1 aromatic rings. The van der Waals surface area contributed by atoms with Gasteiger partial charge >= 0.3 is 5.97 Å². The molecule has 0 aromatic heterocycles. The molecule has 3 nitrogen and oxygen atoms in total. The van der Waals surface area contributed by atoms with E-state index in [0.29, 0.717) is 13.2 Å². The van der Waals surface area contributed by atoms with Crippen LogP contribution in [-0.2, 0) is 9.53 Å². The minimum atomic E-state index is -0.325. The summed E-state index contributed by atoms with van der Waals surface area (Å²) < 4.78 is 10.1. The summed E-state index contributed by atoms with van der Waals surface area (Å²) in [5.74, 6) is 0.533. The van der Waals surface area contributed by atoms with Gasteiger partial charge in [0.05, 0.1) is 13.2 Å². The highest BCUT2D eigenvalue weighted by atomic mass is 16.5. The Hall–Kier alpha value is -2.03. The van der Waals surface area contributed by atoms with Crippen molar-refractivity contribution < 1.29 is 14.3 Å². The second-order valence-electron chi connectivity index (χ2n) is 3.47. The molecule has 0 aliphatic heterocycles. The first-order chi connectivity index (χ1) is 8.76. The summed E-state index contributed by atoms with van der Waals surface area (Å²) in [5, 5.41) is 0. The molecule has 18 heavy (non-hydrogen) atoms. The SMILES string of the molecule is CCOC(=O)/C=C/C=C/c1ccc(OCC)cc1. The Labute approximate surface area is 108 Å². The zero-order valence-electron chi connectivity index (χ0n) is 10.8. The lowest BCUT2D eigenvalue weighted by molar-refractivity contribution is -0.137. The maximum Gasteiger partial charge on any atom is 0.330 e. The fraction of sp³-hybridized carbons (Fsp3) is 0.267. The number of hydrogen-bond donors (Lipinski definition) is 0. The number of rotatable bonds is 6. The van der Waals surface area contributed by atoms with Gasteiger partial charge in [-0.15, -0.1) is 0 Å². The Balaban J connectivity index is 2.49. The number of carbonyl (C=O) groups is 1. The molecule has 1 aromatic carbocycles. The highest BCUT2D eigenvalue weighted by Crippen LogP contribution is 2.12. The van der Waals surface area contributed by atoms with Crippen LogP contribution in [-0.4, -0.2) is 19.2 Å². The molecule has 3 heteroatoms. The summed E-state index contributed by atoms with van der Waals surface area (Å²) in [5.41, 5.74) is 1.05. The first-order valence-corrected chi connectivity index (χ1v) is 6.00. The summed E-state index contributed by atoms with van der Waals surface area (Å²) in [6, 6.07) is 7.75. The van der Waals surface area contributed by atoms with Crippen LogP contribution in [0.5, 0.6) is 5.75 Å². The standard InChI is InChI=1S/C15H18O3/c1-3-17-14-11-9-13(10-12-14)7-5-6-8-15(16)18-4-2/h5-12H,3-4H2,1-2H3/b7-5+,8-6+. The molecule has 0 bridgehead atoms. The van der Waals surface area contributed by atoms with Gasteiger partial charge in [0.15, 0.2) is 0 Å². The molecule has 1 rings (SSSR count). The van der Waals surface area contributed by atoms with Crippen molar-refractivity contribution in [1.29, 1.82) is 0 Å². The molecule has 0 N–H and O–H groups in total. The Morgan fingerprint density at radius 2 is 1.83 bits per heavy atom. The monoisotopic (exact) mass is 246 g/mol. The van der Waals surface area contributed by atoms with Gasteiger partial charge in [0.2, 0.25) is 0 Å². The maximum atomic E-state index is 11.0. The lowest BCUT2D eigenvalue weighted by Crippen LogP contribution is -1.98. The van der Waals surface area contributed by atoms with Gasteiger partial charge in [-0.05, 0) is 31.5 Å². The maximum absolute atomic E-state index is 11.0. The van der Waals surface area contributed by atoms with E-state index in [0.717, 1.165) is 11.3 Å². The third-order valence-electron chi connectivity index (χ3n) is 2.11. The number of hydrogen-bond acceptors (Lipinski definition) is 3. The van der Waals surface area contributed by atoms with Crippen molar-refractivity contribution in [3.63, 3.8) is 0 Å². The fourth-order valence-corrected chi connectivity index (χ4v) is 1.33. The van der Waals surface area contributed by atoms with E-state index >= 15 is 0 Å². The molecule has 0 unspecified atom stereocenters. The molecule has 0 radical (unpaired) electrons. The van der Waals surface area contributed by atoms with Crippen LogP contribution >= 0.6 is 0 Å². The fourth-order valence-electron chi connectivity index (χ4n) is 1.33. The number of benzene rings is 1. The van der Waals surface area contributed by atoms with Crippen molar-refractivity contribution in [2.75, 3.05) is 13.2 Å². The van der Waals surface area contributed by atoms with Crippen LogP contribution in [0.1, 0.15) is 19.4 Å². The lowest BCUT2D eigenvalue weighted by atomic mass is 10.2. The van der Waals surface area contributed by atoms with Crippen LogP contribution in [0.4, 0.5) is 0 Å². The van der Waals surface area contributed by atoms with Gasteiger partial charge in [-0.25, -0.2) is 4.79 Å². The van der Waals surface area contributed by atoms with Gasteiger partial charge < -0.3 is 9.47 Å². The molecule has 0 saturated heterocycles. The lowest BCUT2D eigenvalue weighted by Gasteiger charge is -2.01. The summed E-state index contributed by atoms with van der Waals surface area (Å²) in [6.07, 6.45) is 6.76. The van der Waals surface area contributed by atoms with Gasteiger partial charge in [0.1, 0.15) is 5.75 Å². The van der Waals surface area contributed by atoms with Crippen molar-refractivity contribution in [3.8, 4) is 5.75 Å². The first kappa shape index (κ1) is 14.0. The van der Waals surface area contributed by atoms with Gasteiger partial charge in [0, 0.05) is 6.08 Å². The van der Waals surface area contributed by atoms with Crippen LogP contribution in [0.2, 0.25) is 0 Å². The van der Waals surface area contributed by atoms with E-state index in [1.54, 1.807) is 19.1 Å². The molecule has 96 valence electrons. The zero-order chi connectivity index (χ0) is 13.2. The van der Waals surface area contributed by atoms with E-state index in [-0.39, 0.29) is 5.97 Å². The molecule has 0 atom stereocenters. The second kappa shape index (κ2) is 8.12. The molecule has 0 heterocycles. The number of esters is 1. The second-order valence-corrected chi connectivity index (χ2v) is 3.47. The van der Waals surface area contributed by atoms with Gasteiger partial charge in [-0.1, -0.05) is 30.4 Å². The van der Waals surface area contributed by atoms with E-state index in [9.17, 15) is 4.79 Å². The van der Waals surface area contributed by atoms with Gasteiger partial charge in [0.25, 0.3) is 0 Å². The van der Waals surface area contributed by atoms with Crippen molar-refractivity contribution in [2.45, 2.75) is 13.8 Å². The first-order valence-electron chi connectivity index (χ1n) is 6.00. The van der Waals surface area contributed by atoms with Crippen molar-refractivity contribution in [3.05, 3.63) is 48.1 Å². The van der Waals surface area contributed by atoms with Crippen molar-refractivity contribution >= 4 is 12.0 Å². The number of carbonyl (C=O) groups excluding carboxylic acids is 1. The van der Waals surface area contributed by atoms with Gasteiger partial charge in [-0.3, -0.25) is 0 Å². The predicted octanol–water partition coefficient (Wildman–Crippen LogP) is 3.22. The van der Waals surface area contributed by atoms with Crippen LogP contribution < -0.4 is 4.74 Å². The van der Waals surface area contributed by atoms with Crippen molar-refractivity contribution in [2.24, 2.45) is 0 Å². The molecule has 0 saturated carbocycles. The molecule has 0 fully saturated rings. The van der Waals surface area contributed by atoms with Gasteiger partial charge in [-0.2, -0.15) is 0 Å². The summed E-state index contributed by atoms with van der Waals surface area (Å²) in [6.45, 7) is 4.79. The normalized spacial score (nSPS) is 11.0. The Morgan fingerprint density at radius 1 is 1.11 bits per heavy atom. The Bertz CT molecular complexity index is 416. The minimum absolute atomic E-state index is 0.325. The third-order valence-corrected chi connectivity index (χ3v) is 2.11.